The van der Waals surface area contributed by atoms with Gasteiger partial charge in [0.15, 0.2) is 0 Å². The van der Waals surface area contributed by atoms with Gasteiger partial charge in [-0.2, -0.15) is 4.98 Å². The van der Waals surface area contributed by atoms with Gasteiger partial charge in [0, 0.05) is 0 Å². The Labute approximate surface area is 52.8 Å². The van der Waals surface area contributed by atoms with Gasteiger partial charge in [-0.3, -0.25) is 0 Å². The minimum Gasteiger partial charge on any atom is -0.480 e. The molecular weight excluding hydrogens is 120 g/mol. The standard InChI is InChI=1S/C5H8N2O2/c1-8-4-3-6-5(7-4)9-2/h3H,1-2H3,(H,6,7). The van der Waals surface area contributed by atoms with Crippen molar-refractivity contribution >= 4 is 0 Å². The highest BCUT2D eigenvalue weighted by molar-refractivity contribution is 5.09. The van der Waals surface area contributed by atoms with Gasteiger partial charge in [0.05, 0.1) is 20.4 Å². The van der Waals surface area contributed by atoms with E-state index in [1.165, 1.54) is 7.11 Å². The number of methoxy groups -OCH3 is 2. The van der Waals surface area contributed by atoms with Crippen molar-refractivity contribution in [1.29, 1.82) is 0 Å². The molecule has 4 nitrogen and oxygen atoms in total. The normalized spacial score (nSPS) is 9.11. The van der Waals surface area contributed by atoms with Gasteiger partial charge in [-0.15, -0.1) is 0 Å². The molecule has 1 aromatic heterocycles. The van der Waals surface area contributed by atoms with E-state index in [-0.39, 0.29) is 0 Å². The number of hydrogen-bond donors (Lipinski definition) is 1. The number of hydrogen-bond acceptors (Lipinski definition) is 3. The summed E-state index contributed by atoms with van der Waals surface area (Å²) in [6.45, 7) is 0. The highest BCUT2D eigenvalue weighted by Gasteiger charge is 1.96. The van der Waals surface area contributed by atoms with E-state index in [1.807, 2.05) is 0 Å². The molecule has 0 aliphatic rings. The smallest absolute Gasteiger partial charge is 0.296 e. The lowest BCUT2D eigenvalue weighted by Gasteiger charge is -1.88. The predicted octanol–water partition coefficient (Wildman–Crippen LogP) is 0.427. The largest absolute Gasteiger partial charge is 0.480 e. The Morgan fingerprint density at radius 1 is 1.44 bits per heavy atom. The van der Waals surface area contributed by atoms with Crippen molar-refractivity contribution in [3.63, 3.8) is 0 Å². The summed E-state index contributed by atoms with van der Waals surface area (Å²) in [5.41, 5.74) is 0. The van der Waals surface area contributed by atoms with E-state index in [0.717, 1.165) is 0 Å². The fraction of sp³-hybridized carbons (Fsp3) is 0.400. The number of H-pyrrole nitrogens is 1. The van der Waals surface area contributed by atoms with Gasteiger partial charge in [-0.25, -0.2) is 0 Å². The fourth-order valence-corrected chi connectivity index (χ4v) is 0.497. The first-order valence-electron chi connectivity index (χ1n) is 2.50. The molecule has 1 N–H and O–H groups in total. The third-order valence-electron chi connectivity index (χ3n) is 0.933. The molecule has 0 atom stereocenters. The zero-order valence-electron chi connectivity index (χ0n) is 5.34. The maximum Gasteiger partial charge on any atom is 0.296 e. The number of nitrogens with one attached hydrogen (secondary N) is 1. The molecular formula is C5H8N2O2. The monoisotopic (exact) mass is 128 g/mol. The average molecular weight is 128 g/mol. The van der Waals surface area contributed by atoms with Crippen molar-refractivity contribution in [1.82, 2.24) is 9.97 Å². The van der Waals surface area contributed by atoms with E-state index in [2.05, 4.69) is 9.97 Å². The molecule has 0 aliphatic carbocycles. The molecule has 0 saturated carbocycles. The molecule has 0 bridgehead atoms. The molecule has 1 rings (SSSR count). The summed E-state index contributed by atoms with van der Waals surface area (Å²) in [6.07, 6.45) is 1.62. The number of ether oxygens (including phenoxy) is 2. The molecule has 9 heavy (non-hydrogen) atoms. The van der Waals surface area contributed by atoms with Crippen LogP contribution in [-0.4, -0.2) is 24.2 Å². The van der Waals surface area contributed by atoms with Crippen LogP contribution in [0.1, 0.15) is 0 Å². The molecule has 50 valence electrons. The van der Waals surface area contributed by atoms with Crippen molar-refractivity contribution in [3.8, 4) is 11.9 Å². The average Bonchev–Trinajstić information content (AvgIpc) is 2.34. The van der Waals surface area contributed by atoms with Crippen molar-refractivity contribution in [3.05, 3.63) is 6.20 Å². The van der Waals surface area contributed by atoms with Crippen LogP contribution in [-0.2, 0) is 0 Å². The van der Waals surface area contributed by atoms with Gasteiger partial charge in [0.1, 0.15) is 0 Å². The van der Waals surface area contributed by atoms with Crippen molar-refractivity contribution in [2.24, 2.45) is 0 Å². The second kappa shape index (κ2) is 2.39. The minimum absolute atomic E-state index is 0.465. The first-order valence-corrected chi connectivity index (χ1v) is 2.50. The number of rotatable bonds is 2. The second-order valence-corrected chi connectivity index (χ2v) is 1.45. The Balaban J connectivity index is 2.74. The number of imidazole rings is 1. The summed E-state index contributed by atoms with van der Waals surface area (Å²) in [5, 5.41) is 0. The van der Waals surface area contributed by atoms with Crippen LogP contribution in [0.25, 0.3) is 0 Å². The van der Waals surface area contributed by atoms with Crippen molar-refractivity contribution in [2.75, 3.05) is 14.2 Å². The second-order valence-electron chi connectivity index (χ2n) is 1.45. The molecule has 0 radical (unpaired) electrons. The number of aromatic amines is 1. The van der Waals surface area contributed by atoms with Crippen LogP contribution in [0.5, 0.6) is 11.9 Å². The lowest BCUT2D eigenvalue weighted by molar-refractivity contribution is 0.368. The van der Waals surface area contributed by atoms with Crippen molar-refractivity contribution in [2.45, 2.75) is 0 Å². The number of nitrogens with zero attached hydrogens (tertiary/aromatic N) is 1. The molecule has 0 spiro atoms. The molecule has 4 heteroatoms. The highest BCUT2D eigenvalue weighted by Crippen LogP contribution is 2.09. The molecule has 0 aromatic carbocycles. The van der Waals surface area contributed by atoms with Gasteiger partial charge >= 0.3 is 0 Å². The quantitative estimate of drug-likeness (QED) is 0.628. The topological polar surface area (TPSA) is 47.1 Å². The maximum atomic E-state index is 4.77. The van der Waals surface area contributed by atoms with E-state index in [0.29, 0.717) is 11.9 Å². The lowest BCUT2D eigenvalue weighted by Crippen LogP contribution is -1.84. The van der Waals surface area contributed by atoms with Crippen LogP contribution < -0.4 is 9.47 Å². The fourth-order valence-electron chi connectivity index (χ4n) is 0.497. The highest BCUT2D eigenvalue weighted by atomic mass is 16.5. The Morgan fingerprint density at radius 2 is 2.22 bits per heavy atom. The first kappa shape index (κ1) is 5.94. The molecule has 0 amide bonds. The Kier molecular flexibility index (Phi) is 1.58. The van der Waals surface area contributed by atoms with Crippen LogP contribution in [0.3, 0.4) is 0 Å². The number of aromatic nitrogens is 2. The molecule has 0 saturated heterocycles. The summed E-state index contributed by atoms with van der Waals surface area (Å²) < 4.78 is 9.52. The molecule has 1 aromatic rings. The van der Waals surface area contributed by atoms with E-state index >= 15 is 0 Å². The minimum atomic E-state index is 0.465. The van der Waals surface area contributed by atoms with E-state index in [9.17, 15) is 0 Å². The summed E-state index contributed by atoms with van der Waals surface area (Å²) in [7, 11) is 3.09. The van der Waals surface area contributed by atoms with Crippen LogP contribution in [0, 0.1) is 0 Å². The molecule has 0 fully saturated rings. The Hall–Kier alpha value is -1.19. The molecule has 0 aliphatic heterocycles. The Morgan fingerprint density at radius 3 is 2.56 bits per heavy atom. The van der Waals surface area contributed by atoms with E-state index < -0.39 is 0 Å². The van der Waals surface area contributed by atoms with Gasteiger partial charge in [0.25, 0.3) is 6.01 Å². The van der Waals surface area contributed by atoms with Gasteiger partial charge in [0.2, 0.25) is 5.88 Å². The maximum absolute atomic E-state index is 4.77. The van der Waals surface area contributed by atoms with Crippen LogP contribution in [0.2, 0.25) is 0 Å². The zero-order chi connectivity index (χ0) is 6.69. The molecule has 0 unspecified atom stereocenters. The summed E-state index contributed by atoms with van der Waals surface area (Å²) >= 11 is 0. The third-order valence-corrected chi connectivity index (χ3v) is 0.933. The zero-order valence-corrected chi connectivity index (χ0v) is 5.34. The van der Waals surface area contributed by atoms with E-state index in [1.54, 1.807) is 13.3 Å². The van der Waals surface area contributed by atoms with Crippen LogP contribution in [0.4, 0.5) is 0 Å². The van der Waals surface area contributed by atoms with Crippen LogP contribution in [0.15, 0.2) is 6.20 Å². The van der Waals surface area contributed by atoms with Crippen LogP contribution >= 0.6 is 0 Å². The SMILES string of the molecule is COc1c[nH]c(OC)n1. The van der Waals surface area contributed by atoms with Gasteiger partial charge < -0.3 is 14.5 Å². The third kappa shape index (κ3) is 1.13. The van der Waals surface area contributed by atoms with E-state index in [4.69, 9.17) is 9.47 Å². The van der Waals surface area contributed by atoms with Gasteiger partial charge in [-0.1, -0.05) is 0 Å². The predicted molar refractivity (Wildman–Crippen MR) is 31.7 cm³/mol. The summed E-state index contributed by atoms with van der Waals surface area (Å²) in [4.78, 5) is 6.60. The molecule has 1 heterocycles. The summed E-state index contributed by atoms with van der Waals surface area (Å²) in [6, 6.07) is 0.465. The Bertz CT molecular complexity index is 166. The van der Waals surface area contributed by atoms with Crippen molar-refractivity contribution < 1.29 is 9.47 Å². The summed E-state index contributed by atoms with van der Waals surface area (Å²) in [5.74, 6) is 0.534. The van der Waals surface area contributed by atoms with Gasteiger partial charge in [-0.05, 0) is 0 Å². The lowest BCUT2D eigenvalue weighted by atomic mass is 10.9. The first-order chi connectivity index (χ1) is 4.36.